The summed E-state index contributed by atoms with van der Waals surface area (Å²) in [5.41, 5.74) is 0.139. The molecular formula is C28H26ClF2NO6S. The lowest BCUT2D eigenvalue weighted by Gasteiger charge is -2.54. The normalized spacial score (nSPS) is 16.6. The van der Waals surface area contributed by atoms with Crippen LogP contribution in [0.4, 0.5) is 8.78 Å². The summed E-state index contributed by atoms with van der Waals surface area (Å²) >= 11 is 6.10. The van der Waals surface area contributed by atoms with Gasteiger partial charge in [-0.2, -0.15) is 0 Å². The molecule has 11 heteroatoms. The Hall–Kier alpha value is -3.34. The highest BCUT2D eigenvalue weighted by Gasteiger charge is 2.58. The molecule has 206 valence electrons. The molecule has 1 aliphatic rings. The Morgan fingerprint density at radius 2 is 1.44 bits per heavy atom. The minimum Gasteiger partial charge on any atom is -0.465 e. The molecule has 0 spiro atoms. The molecule has 4 rings (SSSR count). The van der Waals surface area contributed by atoms with Crippen LogP contribution in [0.2, 0.25) is 5.02 Å². The average molecular weight is 578 g/mol. The summed E-state index contributed by atoms with van der Waals surface area (Å²) in [5, 5.41) is -1.01. The molecule has 0 aromatic heterocycles. The quantitative estimate of drug-likeness (QED) is 0.352. The Morgan fingerprint density at radius 3 is 1.90 bits per heavy atom. The van der Waals surface area contributed by atoms with E-state index in [1.165, 1.54) is 7.11 Å². The van der Waals surface area contributed by atoms with E-state index in [9.17, 15) is 26.8 Å². The number of sulfone groups is 1. The fraction of sp³-hybridized carbons (Fsp3) is 0.286. The van der Waals surface area contributed by atoms with Crippen molar-refractivity contribution in [1.29, 1.82) is 0 Å². The zero-order valence-electron chi connectivity index (χ0n) is 21.4. The Balaban J connectivity index is 1.78. The first-order valence-corrected chi connectivity index (χ1v) is 14.2. The molecule has 1 aliphatic heterocycles. The van der Waals surface area contributed by atoms with E-state index >= 15 is 0 Å². The zero-order valence-corrected chi connectivity index (χ0v) is 22.9. The smallest absolute Gasteiger partial charge is 0.337 e. The summed E-state index contributed by atoms with van der Waals surface area (Å²) in [6.45, 7) is 1.03. The van der Waals surface area contributed by atoms with Crippen LogP contribution in [0.1, 0.15) is 45.3 Å². The molecule has 1 heterocycles. The first-order chi connectivity index (χ1) is 18.3. The maximum atomic E-state index is 14.1. The molecule has 0 amide bonds. The van der Waals surface area contributed by atoms with Gasteiger partial charge in [0, 0.05) is 37.4 Å². The molecule has 0 radical (unpaired) electrons. The predicted molar refractivity (Wildman–Crippen MR) is 141 cm³/mol. The number of carbonyl (C=O) groups excluding carboxylic acids is 2. The monoisotopic (exact) mass is 577 g/mol. The number of esters is 2. The number of methoxy groups -OCH3 is 1. The summed E-state index contributed by atoms with van der Waals surface area (Å²) < 4.78 is 64.8. The van der Waals surface area contributed by atoms with Gasteiger partial charge in [-0.1, -0.05) is 35.9 Å². The van der Waals surface area contributed by atoms with E-state index in [0.717, 1.165) is 36.4 Å². The minimum absolute atomic E-state index is 0.0610. The molecular weight excluding hydrogens is 552 g/mol. The van der Waals surface area contributed by atoms with Crippen LogP contribution in [-0.4, -0.2) is 57.3 Å². The summed E-state index contributed by atoms with van der Waals surface area (Å²) in [6, 6.07) is 15.8. The van der Waals surface area contributed by atoms with E-state index in [-0.39, 0.29) is 18.7 Å². The van der Waals surface area contributed by atoms with Crippen molar-refractivity contribution in [1.82, 2.24) is 4.90 Å². The largest absolute Gasteiger partial charge is 0.465 e. The Kier molecular flexibility index (Phi) is 8.11. The van der Waals surface area contributed by atoms with Gasteiger partial charge in [0.1, 0.15) is 16.9 Å². The van der Waals surface area contributed by atoms with Crippen molar-refractivity contribution >= 4 is 33.4 Å². The number of hydrogen-bond donors (Lipinski definition) is 0. The molecule has 2 unspecified atom stereocenters. The van der Waals surface area contributed by atoms with Crippen molar-refractivity contribution in [2.75, 3.05) is 26.5 Å². The average Bonchev–Trinajstić information content (AvgIpc) is 2.82. The molecule has 7 nitrogen and oxygen atoms in total. The lowest BCUT2D eigenvalue weighted by molar-refractivity contribution is -0.182. The van der Waals surface area contributed by atoms with Gasteiger partial charge in [0.25, 0.3) is 0 Å². The first-order valence-electron chi connectivity index (χ1n) is 11.9. The van der Waals surface area contributed by atoms with Crippen molar-refractivity contribution in [2.24, 2.45) is 0 Å². The van der Waals surface area contributed by atoms with Crippen molar-refractivity contribution in [3.05, 3.63) is 106 Å². The van der Waals surface area contributed by atoms with Gasteiger partial charge >= 0.3 is 11.9 Å². The maximum absolute atomic E-state index is 14.1. The van der Waals surface area contributed by atoms with Gasteiger partial charge in [0.2, 0.25) is 0 Å². The van der Waals surface area contributed by atoms with Crippen LogP contribution in [-0.2, 0) is 24.1 Å². The maximum Gasteiger partial charge on any atom is 0.337 e. The van der Waals surface area contributed by atoms with Gasteiger partial charge in [-0.3, -0.25) is 9.69 Å². The number of hydrogen-bond acceptors (Lipinski definition) is 7. The summed E-state index contributed by atoms with van der Waals surface area (Å²) in [5.74, 6) is -3.12. The molecule has 3 aromatic carbocycles. The molecule has 0 bridgehead atoms. The van der Waals surface area contributed by atoms with Gasteiger partial charge in [-0.25, -0.2) is 22.0 Å². The Morgan fingerprint density at radius 1 is 0.923 bits per heavy atom. The lowest BCUT2D eigenvalue weighted by Crippen LogP contribution is -2.68. The third-order valence-corrected chi connectivity index (χ3v) is 8.39. The van der Waals surface area contributed by atoms with E-state index in [4.69, 9.17) is 21.1 Å². The Bertz CT molecular complexity index is 1470. The molecule has 0 saturated carbocycles. The van der Waals surface area contributed by atoms with Crippen LogP contribution < -0.4 is 0 Å². The van der Waals surface area contributed by atoms with Gasteiger partial charge in [-0.15, -0.1) is 0 Å². The highest BCUT2D eigenvalue weighted by atomic mass is 35.5. The molecule has 1 fully saturated rings. The standard InChI is InChI=1S/C28H26ClF2NO6S/c1-17(33)38-28(26(39(3,35)36)21-12-23(30)14-24(31)13-21)15-32(16-28)25(19-8-10-22(29)11-9-19)18-4-6-20(7-5-18)27(34)37-2/h4-14,25-26H,15-16H2,1-3H3. The van der Waals surface area contributed by atoms with E-state index < -0.39 is 50.3 Å². The second-order valence-corrected chi connectivity index (χ2v) is 12.1. The van der Waals surface area contributed by atoms with E-state index in [1.54, 1.807) is 36.4 Å². The first kappa shape index (κ1) is 28.7. The molecule has 0 aliphatic carbocycles. The molecule has 0 N–H and O–H groups in total. The van der Waals surface area contributed by atoms with E-state index in [0.29, 0.717) is 16.7 Å². The van der Waals surface area contributed by atoms with E-state index in [1.807, 2.05) is 17.0 Å². The third kappa shape index (κ3) is 6.13. The fourth-order valence-corrected chi connectivity index (χ4v) is 6.97. The van der Waals surface area contributed by atoms with Crippen LogP contribution >= 0.6 is 11.6 Å². The summed E-state index contributed by atoms with van der Waals surface area (Å²) in [4.78, 5) is 26.0. The molecule has 39 heavy (non-hydrogen) atoms. The van der Waals surface area contributed by atoms with Crippen molar-refractivity contribution in [3.63, 3.8) is 0 Å². The lowest BCUT2D eigenvalue weighted by atomic mass is 9.82. The number of benzene rings is 3. The zero-order chi connectivity index (χ0) is 28.5. The third-order valence-electron chi connectivity index (χ3n) is 6.58. The predicted octanol–water partition coefficient (Wildman–Crippen LogP) is 4.90. The molecule has 1 saturated heterocycles. The van der Waals surface area contributed by atoms with Crippen LogP contribution in [0.3, 0.4) is 0 Å². The van der Waals surface area contributed by atoms with Crippen LogP contribution in [0, 0.1) is 11.6 Å². The van der Waals surface area contributed by atoms with Gasteiger partial charge in [0.15, 0.2) is 15.4 Å². The highest BCUT2D eigenvalue weighted by molar-refractivity contribution is 7.91. The van der Waals surface area contributed by atoms with Crippen LogP contribution in [0.5, 0.6) is 0 Å². The fourth-order valence-electron chi connectivity index (χ4n) is 5.24. The van der Waals surface area contributed by atoms with Crippen molar-refractivity contribution in [2.45, 2.75) is 23.8 Å². The van der Waals surface area contributed by atoms with Gasteiger partial charge in [-0.05, 0) is 53.1 Å². The second kappa shape index (κ2) is 11.0. The number of carbonyl (C=O) groups is 2. The second-order valence-electron chi connectivity index (χ2n) is 9.54. The number of rotatable bonds is 8. The molecule has 3 aromatic rings. The summed E-state index contributed by atoms with van der Waals surface area (Å²) in [6.07, 6.45) is 0.941. The molecule has 2 atom stereocenters. The van der Waals surface area contributed by atoms with Crippen molar-refractivity contribution in [3.8, 4) is 0 Å². The Labute approximate surface area is 230 Å². The number of nitrogens with zero attached hydrogens (tertiary/aromatic N) is 1. The van der Waals surface area contributed by atoms with Gasteiger partial charge < -0.3 is 9.47 Å². The minimum atomic E-state index is -4.02. The van der Waals surface area contributed by atoms with Crippen LogP contribution in [0.15, 0.2) is 66.7 Å². The highest BCUT2D eigenvalue weighted by Crippen LogP contribution is 2.47. The number of halogens is 3. The van der Waals surface area contributed by atoms with Gasteiger partial charge in [0.05, 0.1) is 18.7 Å². The summed E-state index contributed by atoms with van der Waals surface area (Å²) in [7, 11) is -2.74. The van der Waals surface area contributed by atoms with E-state index in [2.05, 4.69) is 0 Å². The van der Waals surface area contributed by atoms with Crippen LogP contribution in [0.25, 0.3) is 0 Å². The topological polar surface area (TPSA) is 90.0 Å². The number of likely N-dealkylation sites (tertiary alicyclic amines) is 1. The SMILES string of the molecule is COC(=O)c1ccc(C(c2ccc(Cl)cc2)N2CC(OC(C)=O)(C(c3cc(F)cc(F)c3)S(C)(=O)=O)C2)cc1. The van der Waals surface area contributed by atoms with Crippen molar-refractivity contribution < 1.29 is 36.3 Å². The number of ether oxygens (including phenoxy) is 2.